The van der Waals surface area contributed by atoms with Gasteiger partial charge < -0.3 is 19.4 Å². The van der Waals surface area contributed by atoms with Crippen molar-refractivity contribution in [1.29, 1.82) is 0 Å². The van der Waals surface area contributed by atoms with Crippen molar-refractivity contribution in [2.45, 2.75) is 18.7 Å². The highest BCUT2D eigenvalue weighted by atomic mass is 32.2. The van der Waals surface area contributed by atoms with Gasteiger partial charge in [0.2, 0.25) is 10.0 Å². The van der Waals surface area contributed by atoms with Crippen molar-refractivity contribution in [2.75, 3.05) is 32.6 Å². The SMILES string of the molecule is CCN(CC)S(=O)(=O)c1ccc(-n2cnc(C(=O)Nc3ccc(OC)cc3OC)c2)cc1. The lowest BCUT2D eigenvalue weighted by Gasteiger charge is -2.18. The van der Waals surface area contributed by atoms with E-state index in [1.807, 2.05) is 0 Å². The van der Waals surface area contributed by atoms with Crippen LogP contribution in [-0.4, -0.2) is 55.5 Å². The number of methoxy groups -OCH3 is 2. The summed E-state index contributed by atoms with van der Waals surface area (Å²) in [4.78, 5) is 17.0. The van der Waals surface area contributed by atoms with Crippen molar-refractivity contribution in [2.24, 2.45) is 0 Å². The van der Waals surface area contributed by atoms with Crippen LogP contribution in [0, 0.1) is 0 Å². The molecule has 0 aliphatic heterocycles. The first kappa shape index (κ1) is 23.3. The predicted octanol–water partition coefficient (Wildman–Crippen LogP) is 3.17. The van der Waals surface area contributed by atoms with Gasteiger partial charge in [0.25, 0.3) is 5.91 Å². The lowest BCUT2D eigenvalue weighted by atomic mass is 10.2. The molecule has 0 aliphatic carbocycles. The van der Waals surface area contributed by atoms with Gasteiger partial charge in [-0.1, -0.05) is 13.8 Å². The van der Waals surface area contributed by atoms with E-state index in [4.69, 9.17) is 9.47 Å². The Labute approximate surface area is 187 Å². The van der Waals surface area contributed by atoms with Gasteiger partial charge in [0.05, 0.1) is 24.8 Å². The molecule has 1 aromatic heterocycles. The summed E-state index contributed by atoms with van der Waals surface area (Å²) in [7, 11) is -0.481. The fourth-order valence-electron chi connectivity index (χ4n) is 3.17. The molecule has 0 aliphatic rings. The summed E-state index contributed by atoms with van der Waals surface area (Å²) in [6.45, 7) is 4.41. The predicted molar refractivity (Wildman–Crippen MR) is 121 cm³/mol. The van der Waals surface area contributed by atoms with Crippen LogP contribution in [0.3, 0.4) is 0 Å². The number of carbonyl (C=O) groups is 1. The molecule has 0 radical (unpaired) electrons. The summed E-state index contributed by atoms with van der Waals surface area (Å²) in [6, 6.07) is 11.5. The summed E-state index contributed by atoms with van der Waals surface area (Å²) < 4.78 is 38.8. The minimum absolute atomic E-state index is 0.197. The van der Waals surface area contributed by atoms with Gasteiger partial charge in [-0.25, -0.2) is 13.4 Å². The number of hydrogen-bond acceptors (Lipinski definition) is 6. The fraction of sp³-hybridized carbons (Fsp3) is 0.273. The van der Waals surface area contributed by atoms with E-state index in [2.05, 4.69) is 10.3 Å². The maximum Gasteiger partial charge on any atom is 0.275 e. The minimum Gasteiger partial charge on any atom is -0.497 e. The molecular formula is C22H26N4O5S. The number of ether oxygens (including phenoxy) is 2. The van der Waals surface area contributed by atoms with Crippen molar-refractivity contribution >= 4 is 21.6 Å². The largest absolute Gasteiger partial charge is 0.497 e. The Kier molecular flexibility index (Phi) is 7.16. The molecule has 1 amide bonds. The minimum atomic E-state index is -3.53. The Morgan fingerprint density at radius 1 is 1.06 bits per heavy atom. The van der Waals surface area contributed by atoms with E-state index in [0.29, 0.717) is 36.0 Å². The number of rotatable bonds is 9. The van der Waals surface area contributed by atoms with Crippen LogP contribution in [0.5, 0.6) is 11.5 Å². The van der Waals surface area contributed by atoms with E-state index in [9.17, 15) is 13.2 Å². The lowest BCUT2D eigenvalue weighted by molar-refractivity contribution is 0.102. The van der Waals surface area contributed by atoms with E-state index in [1.165, 1.54) is 17.7 Å². The molecule has 170 valence electrons. The Hall–Kier alpha value is -3.37. The molecule has 0 atom stereocenters. The third-order valence-electron chi connectivity index (χ3n) is 4.95. The van der Waals surface area contributed by atoms with Gasteiger partial charge in [-0.3, -0.25) is 4.79 Å². The maximum absolute atomic E-state index is 12.6. The summed E-state index contributed by atoms with van der Waals surface area (Å²) >= 11 is 0. The van der Waals surface area contributed by atoms with Crippen LogP contribution < -0.4 is 14.8 Å². The van der Waals surface area contributed by atoms with Gasteiger partial charge in [-0.2, -0.15) is 4.31 Å². The van der Waals surface area contributed by atoms with Crippen molar-refractivity contribution < 1.29 is 22.7 Å². The summed E-state index contributed by atoms with van der Waals surface area (Å²) in [6.07, 6.45) is 3.06. The van der Waals surface area contributed by atoms with Gasteiger partial charge >= 0.3 is 0 Å². The van der Waals surface area contributed by atoms with Crippen molar-refractivity contribution in [3.63, 3.8) is 0 Å². The number of aromatic nitrogens is 2. The molecule has 0 fully saturated rings. The van der Waals surface area contributed by atoms with Crippen LogP contribution in [0.2, 0.25) is 0 Å². The number of hydrogen-bond donors (Lipinski definition) is 1. The van der Waals surface area contributed by atoms with Crippen LogP contribution in [-0.2, 0) is 10.0 Å². The molecule has 0 unspecified atom stereocenters. The fourth-order valence-corrected chi connectivity index (χ4v) is 4.63. The number of sulfonamides is 1. The highest BCUT2D eigenvalue weighted by Gasteiger charge is 2.21. The molecule has 2 aromatic carbocycles. The standard InChI is InChI=1S/C22H26N4O5S/c1-5-26(6-2)32(28,29)18-10-7-16(8-11-18)25-14-20(23-15-25)22(27)24-19-12-9-17(30-3)13-21(19)31-4/h7-15H,5-6H2,1-4H3,(H,24,27). The number of nitrogens with one attached hydrogen (secondary N) is 1. The average Bonchev–Trinajstić information content (AvgIpc) is 3.30. The topological polar surface area (TPSA) is 103 Å². The Bertz CT molecular complexity index is 1190. The molecule has 3 aromatic rings. The van der Waals surface area contributed by atoms with Crippen LogP contribution in [0.4, 0.5) is 5.69 Å². The molecule has 3 rings (SSSR count). The third-order valence-corrected chi connectivity index (χ3v) is 7.01. The monoisotopic (exact) mass is 458 g/mol. The van der Waals surface area contributed by atoms with Gasteiger partial charge in [-0.15, -0.1) is 0 Å². The summed E-state index contributed by atoms with van der Waals surface area (Å²) in [5, 5.41) is 2.77. The second-order valence-electron chi connectivity index (χ2n) is 6.77. The molecule has 0 spiro atoms. The van der Waals surface area contributed by atoms with Gasteiger partial charge in [0, 0.05) is 31.0 Å². The highest BCUT2D eigenvalue weighted by Crippen LogP contribution is 2.29. The van der Waals surface area contributed by atoms with Crippen molar-refractivity contribution in [3.8, 4) is 17.2 Å². The first-order valence-electron chi connectivity index (χ1n) is 10.0. The first-order chi connectivity index (χ1) is 15.3. The summed E-state index contributed by atoms with van der Waals surface area (Å²) in [5.74, 6) is 0.658. The van der Waals surface area contributed by atoms with Gasteiger partial charge in [-0.05, 0) is 36.4 Å². The number of amides is 1. The quantitative estimate of drug-likeness (QED) is 0.528. The zero-order valence-corrected chi connectivity index (χ0v) is 19.2. The average molecular weight is 459 g/mol. The number of imidazole rings is 1. The molecule has 10 heteroatoms. The molecule has 0 saturated carbocycles. The Morgan fingerprint density at radius 3 is 2.34 bits per heavy atom. The number of carbonyl (C=O) groups excluding carboxylic acids is 1. The molecule has 9 nitrogen and oxygen atoms in total. The van der Waals surface area contributed by atoms with Crippen molar-refractivity contribution in [3.05, 3.63) is 60.7 Å². The van der Waals surface area contributed by atoms with Crippen LogP contribution in [0.15, 0.2) is 59.9 Å². The van der Waals surface area contributed by atoms with E-state index in [0.717, 1.165) is 0 Å². The van der Waals surface area contributed by atoms with E-state index >= 15 is 0 Å². The normalized spacial score (nSPS) is 11.4. The number of benzene rings is 2. The molecule has 32 heavy (non-hydrogen) atoms. The maximum atomic E-state index is 12.6. The molecule has 0 bridgehead atoms. The van der Waals surface area contributed by atoms with Crippen LogP contribution >= 0.6 is 0 Å². The summed E-state index contributed by atoms with van der Waals surface area (Å²) in [5.41, 5.74) is 1.36. The van der Waals surface area contributed by atoms with Gasteiger partial charge in [0.15, 0.2) is 0 Å². The zero-order chi connectivity index (χ0) is 23.3. The lowest BCUT2D eigenvalue weighted by Crippen LogP contribution is -2.30. The molecule has 1 N–H and O–H groups in total. The first-order valence-corrected chi connectivity index (χ1v) is 11.5. The second kappa shape index (κ2) is 9.84. The number of anilines is 1. The second-order valence-corrected chi connectivity index (χ2v) is 8.71. The van der Waals surface area contributed by atoms with E-state index in [-0.39, 0.29) is 10.6 Å². The van der Waals surface area contributed by atoms with E-state index in [1.54, 1.807) is 74.2 Å². The van der Waals surface area contributed by atoms with E-state index < -0.39 is 15.9 Å². The molecule has 0 saturated heterocycles. The highest BCUT2D eigenvalue weighted by molar-refractivity contribution is 7.89. The number of nitrogens with zero attached hydrogens (tertiary/aromatic N) is 3. The van der Waals surface area contributed by atoms with Crippen molar-refractivity contribution in [1.82, 2.24) is 13.9 Å². The Morgan fingerprint density at radius 2 is 1.75 bits per heavy atom. The zero-order valence-electron chi connectivity index (χ0n) is 18.4. The smallest absolute Gasteiger partial charge is 0.275 e. The molecular weight excluding hydrogens is 432 g/mol. The van der Waals surface area contributed by atoms with Crippen LogP contribution in [0.1, 0.15) is 24.3 Å². The van der Waals surface area contributed by atoms with Gasteiger partial charge in [0.1, 0.15) is 23.5 Å². The Balaban J connectivity index is 1.78. The third kappa shape index (κ3) is 4.76. The van der Waals surface area contributed by atoms with Crippen LogP contribution in [0.25, 0.3) is 5.69 Å². The molecule has 1 heterocycles.